The summed E-state index contributed by atoms with van der Waals surface area (Å²) in [5.41, 5.74) is 0. The topological polar surface area (TPSA) is 35.0 Å². The van der Waals surface area contributed by atoms with Gasteiger partial charge in [-0.15, -0.1) is 0 Å². The van der Waals surface area contributed by atoms with Crippen LogP contribution in [-0.4, -0.2) is 16.6 Å². The molecule has 3 heteroatoms. The molecule has 0 spiro atoms. The zero-order valence-corrected chi connectivity index (χ0v) is 18.0. The molecule has 0 saturated heterocycles. The number of rotatable bonds is 20. The summed E-state index contributed by atoms with van der Waals surface area (Å²) < 4.78 is 5.51. The second-order valence-electron chi connectivity index (χ2n) is 7.89. The molecule has 1 aromatic rings. The van der Waals surface area contributed by atoms with Crippen LogP contribution in [0.25, 0.3) is 0 Å². The Hall–Kier alpha value is -1.12. The van der Waals surface area contributed by atoms with E-state index in [-0.39, 0.29) is 0 Å². The van der Waals surface area contributed by atoms with Gasteiger partial charge in [-0.1, -0.05) is 116 Å². The minimum absolute atomic E-state index is 0.504. The number of hydrogen-bond donors (Lipinski definition) is 0. The highest BCUT2D eigenvalue weighted by Crippen LogP contribution is 2.14. The first-order valence-corrected chi connectivity index (χ1v) is 11.8. The quantitative estimate of drug-likeness (QED) is 0.217. The highest BCUT2D eigenvalue weighted by molar-refractivity contribution is 4.92. The SMILES string of the molecule is CCCCCCCCCCCCCCCCCCCCOc1ncccn1. The first-order valence-electron chi connectivity index (χ1n) is 11.8. The van der Waals surface area contributed by atoms with Crippen molar-refractivity contribution in [2.75, 3.05) is 6.61 Å². The molecule has 156 valence electrons. The summed E-state index contributed by atoms with van der Waals surface area (Å²) in [5.74, 6) is 0. The number of hydrogen-bond acceptors (Lipinski definition) is 3. The lowest BCUT2D eigenvalue weighted by atomic mass is 10.0. The van der Waals surface area contributed by atoms with Crippen molar-refractivity contribution in [1.82, 2.24) is 9.97 Å². The molecule has 0 radical (unpaired) electrons. The summed E-state index contributed by atoms with van der Waals surface area (Å²) in [7, 11) is 0. The van der Waals surface area contributed by atoms with Crippen molar-refractivity contribution in [3.05, 3.63) is 18.5 Å². The van der Waals surface area contributed by atoms with Crippen LogP contribution in [-0.2, 0) is 0 Å². The zero-order chi connectivity index (χ0) is 19.3. The maximum atomic E-state index is 5.51. The van der Waals surface area contributed by atoms with Crippen molar-refractivity contribution in [3.63, 3.8) is 0 Å². The summed E-state index contributed by atoms with van der Waals surface area (Å²) in [5, 5.41) is 0. The molecule has 0 aliphatic heterocycles. The predicted molar refractivity (Wildman–Crippen MR) is 116 cm³/mol. The summed E-state index contributed by atoms with van der Waals surface area (Å²) in [4.78, 5) is 8.12. The average molecular weight is 377 g/mol. The van der Waals surface area contributed by atoms with Gasteiger partial charge in [0.1, 0.15) is 0 Å². The van der Waals surface area contributed by atoms with Gasteiger partial charge in [-0.25, -0.2) is 9.97 Å². The number of nitrogens with zero attached hydrogens (tertiary/aromatic N) is 2. The molecule has 0 fully saturated rings. The largest absolute Gasteiger partial charge is 0.463 e. The molecule has 0 unspecified atom stereocenters. The van der Waals surface area contributed by atoms with Gasteiger partial charge in [-0.3, -0.25) is 0 Å². The van der Waals surface area contributed by atoms with Crippen molar-refractivity contribution in [2.45, 2.75) is 122 Å². The Morgan fingerprint density at radius 1 is 0.556 bits per heavy atom. The molecule has 1 rings (SSSR count). The first kappa shape index (κ1) is 23.9. The number of ether oxygens (including phenoxy) is 1. The molecule has 0 atom stereocenters. The lowest BCUT2D eigenvalue weighted by Crippen LogP contribution is -2.00. The minimum Gasteiger partial charge on any atom is -0.463 e. The van der Waals surface area contributed by atoms with Crippen molar-refractivity contribution >= 4 is 0 Å². The summed E-state index contributed by atoms with van der Waals surface area (Å²) >= 11 is 0. The zero-order valence-electron chi connectivity index (χ0n) is 18.0. The normalized spacial score (nSPS) is 11.0. The van der Waals surface area contributed by atoms with Crippen LogP contribution in [0.1, 0.15) is 122 Å². The molecule has 0 saturated carbocycles. The number of aromatic nitrogens is 2. The Labute approximate surface area is 168 Å². The fourth-order valence-corrected chi connectivity index (χ4v) is 3.53. The molecule has 1 heterocycles. The van der Waals surface area contributed by atoms with Gasteiger partial charge in [0.25, 0.3) is 0 Å². The van der Waals surface area contributed by atoms with Gasteiger partial charge in [0.2, 0.25) is 0 Å². The van der Waals surface area contributed by atoms with Gasteiger partial charge < -0.3 is 4.74 Å². The van der Waals surface area contributed by atoms with E-state index in [1.807, 2.05) is 6.07 Å². The summed E-state index contributed by atoms with van der Waals surface area (Å²) in [6, 6.07) is 2.31. The van der Waals surface area contributed by atoms with Gasteiger partial charge in [0, 0.05) is 12.4 Å². The van der Waals surface area contributed by atoms with Gasteiger partial charge in [0.15, 0.2) is 0 Å². The van der Waals surface area contributed by atoms with E-state index in [0.717, 1.165) is 13.0 Å². The molecular weight excluding hydrogens is 332 g/mol. The molecule has 27 heavy (non-hydrogen) atoms. The molecule has 0 aromatic carbocycles. The lowest BCUT2D eigenvalue weighted by molar-refractivity contribution is 0.281. The van der Waals surface area contributed by atoms with E-state index >= 15 is 0 Å². The van der Waals surface area contributed by atoms with E-state index < -0.39 is 0 Å². The van der Waals surface area contributed by atoms with Crippen molar-refractivity contribution in [1.29, 1.82) is 0 Å². The van der Waals surface area contributed by atoms with Crippen molar-refractivity contribution in [2.24, 2.45) is 0 Å². The Morgan fingerprint density at radius 3 is 1.33 bits per heavy atom. The monoisotopic (exact) mass is 376 g/mol. The third kappa shape index (κ3) is 16.8. The van der Waals surface area contributed by atoms with Crippen LogP contribution < -0.4 is 4.74 Å². The lowest BCUT2D eigenvalue weighted by Gasteiger charge is -2.04. The van der Waals surface area contributed by atoms with Crippen molar-refractivity contribution in [3.8, 4) is 6.01 Å². The van der Waals surface area contributed by atoms with E-state index in [1.54, 1.807) is 12.4 Å². The van der Waals surface area contributed by atoms with Gasteiger partial charge in [-0.05, 0) is 12.5 Å². The first-order chi connectivity index (χ1) is 13.4. The summed E-state index contributed by atoms with van der Waals surface area (Å²) in [6.07, 6.45) is 28.7. The van der Waals surface area contributed by atoms with Crippen LogP contribution in [0.15, 0.2) is 18.5 Å². The molecule has 0 aliphatic carbocycles. The molecule has 0 N–H and O–H groups in total. The third-order valence-electron chi connectivity index (χ3n) is 5.27. The Morgan fingerprint density at radius 2 is 0.926 bits per heavy atom. The predicted octanol–water partition coefficient (Wildman–Crippen LogP) is 7.90. The van der Waals surface area contributed by atoms with E-state index in [2.05, 4.69) is 16.9 Å². The highest BCUT2D eigenvalue weighted by atomic mass is 16.5. The van der Waals surface area contributed by atoms with Crippen LogP contribution in [0.2, 0.25) is 0 Å². The van der Waals surface area contributed by atoms with Gasteiger partial charge in [0.05, 0.1) is 6.61 Å². The third-order valence-corrected chi connectivity index (χ3v) is 5.27. The Kier molecular flexibility index (Phi) is 17.4. The van der Waals surface area contributed by atoms with Crippen LogP contribution >= 0.6 is 0 Å². The maximum absolute atomic E-state index is 5.51. The van der Waals surface area contributed by atoms with E-state index in [1.165, 1.54) is 109 Å². The summed E-state index contributed by atoms with van der Waals surface area (Å²) in [6.45, 7) is 3.03. The molecular formula is C24H44N2O. The van der Waals surface area contributed by atoms with Gasteiger partial charge >= 0.3 is 6.01 Å². The Balaban J connectivity index is 1.67. The number of unbranched alkanes of at least 4 members (excludes halogenated alkanes) is 17. The molecule has 3 nitrogen and oxygen atoms in total. The molecule has 0 amide bonds. The van der Waals surface area contributed by atoms with E-state index in [9.17, 15) is 0 Å². The van der Waals surface area contributed by atoms with Crippen LogP contribution in [0.5, 0.6) is 6.01 Å². The van der Waals surface area contributed by atoms with Crippen LogP contribution in [0, 0.1) is 0 Å². The fourth-order valence-electron chi connectivity index (χ4n) is 3.53. The fraction of sp³-hybridized carbons (Fsp3) is 0.833. The van der Waals surface area contributed by atoms with Crippen molar-refractivity contribution < 1.29 is 4.74 Å². The second kappa shape index (κ2) is 19.6. The Bertz CT molecular complexity index is 397. The van der Waals surface area contributed by atoms with Gasteiger partial charge in [-0.2, -0.15) is 0 Å². The molecule has 0 bridgehead atoms. The molecule has 0 aliphatic rings. The maximum Gasteiger partial charge on any atom is 0.316 e. The second-order valence-corrected chi connectivity index (χ2v) is 7.89. The van der Waals surface area contributed by atoms with Crippen LogP contribution in [0.4, 0.5) is 0 Å². The average Bonchev–Trinajstić information content (AvgIpc) is 2.70. The standard InChI is InChI=1S/C24H44N2O/c1-2-3-4-5-6-7-8-9-10-11-12-13-14-15-16-17-18-19-23-27-24-25-21-20-22-26-24/h20-22H,2-19,23H2,1H3. The smallest absolute Gasteiger partial charge is 0.316 e. The van der Waals surface area contributed by atoms with E-state index in [4.69, 9.17) is 4.74 Å². The molecule has 1 aromatic heterocycles. The van der Waals surface area contributed by atoms with Crippen LogP contribution in [0.3, 0.4) is 0 Å². The highest BCUT2D eigenvalue weighted by Gasteiger charge is 1.96. The minimum atomic E-state index is 0.504. The van der Waals surface area contributed by atoms with E-state index in [0.29, 0.717) is 6.01 Å².